The highest BCUT2D eigenvalue weighted by Crippen LogP contribution is 2.15. The van der Waals surface area contributed by atoms with Crippen molar-refractivity contribution in [2.24, 2.45) is 0 Å². The Morgan fingerprint density at radius 1 is 1.11 bits per heavy atom. The maximum atomic E-state index is 11.6. The molecule has 2 N–H and O–H groups in total. The van der Waals surface area contributed by atoms with Gasteiger partial charge >= 0.3 is 0 Å². The van der Waals surface area contributed by atoms with Gasteiger partial charge in [0.15, 0.2) is 0 Å². The fraction of sp³-hybridized carbons (Fsp3) is 0.400. The van der Waals surface area contributed by atoms with E-state index in [1.165, 1.54) is 31.3 Å². The summed E-state index contributed by atoms with van der Waals surface area (Å²) in [4.78, 5) is 0.0682. The molecule has 0 saturated heterocycles. The Hall–Kier alpha value is -0.830. The Morgan fingerprint density at radius 3 is 2.16 bits per heavy atom. The number of hydrogen-bond donors (Lipinski definition) is 2. The molecule has 0 aliphatic carbocycles. The first-order valence-corrected chi connectivity index (χ1v) is 9.08. The van der Waals surface area contributed by atoms with E-state index in [-0.39, 0.29) is 16.5 Å². The van der Waals surface area contributed by atoms with Gasteiger partial charge in [0.1, 0.15) is 0 Å². The van der Waals surface area contributed by atoms with Crippen LogP contribution in [0.2, 0.25) is 0 Å². The first-order valence-electron chi connectivity index (χ1n) is 5.41. The van der Waals surface area contributed by atoms with Gasteiger partial charge < -0.3 is 0 Å². The first-order chi connectivity index (χ1) is 8.80. The lowest BCUT2D eigenvalue weighted by atomic mass is 10.3. The van der Waals surface area contributed by atoms with Crippen molar-refractivity contribution in [3.8, 4) is 0 Å². The average molecular weight is 327 g/mol. The molecule has 0 atom stereocenters. The van der Waals surface area contributed by atoms with Crippen LogP contribution in [0.15, 0.2) is 29.2 Å². The van der Waals surface area contributed by atoms with Gasteiger partial charge in [0.2, 0.25) is 20.0 Å². The minimum atomic E-state index is -3.52. The summed E-state index contributed by atoms with van der Waals surface area (Å²) in [6, 6.07) is 5.43. The molecule has 9 heteroatoms. The molecule has 6 nitrogen and oxygen atoms in total. The summed E-state index contributed by atoms with van der Waals surface area (Å²) >= 11 is 5.43. The predicted octanol–water partition coefficient (Wildman–Crippen LogP) is 0.965. The summed E-state index contributed by atoms with van der Waals surface area (Å²) in [7, 11) is -5.66. The molecule has 0 bridgehead atoms. The number of sulfonamides is 2. The third-order valence-corrected chi connectivity index (χ3v) is 5.32. The van der Waals surface area contributed by atoms with E-state index >= 15 is 0 Å². The Morgan fingerprint density at radius 2 is 1.68 bits per heavy atom. The summed E-state index contributed by atoms with van der Waals surface area (Å²) in [5.74, 6) is 0.188. The van der Waals surface area contributed by atoms with E-state index in [0.29, 0.717) is 12.1 Å². The number of benzene rings is 1. The second-order valence-corrected chi connectivity index (χ2v) is 7.80. The topological polar surface area (TPSA) is 92.3 Å². The normalized spacial score (nSPS) is 12.3. The van der Waals surface area contributed by atoms with E-state index in [2.05, 4.69) is 9.44 Å². The lowest BCUT2D eigenvalue weighted by Crippen LogP contribution is -2.19. The summed E-state index contributed by atoms with van der Waals surface area (Å²) in [5.41, 5.74) is 0.310. The second kappa shape index (κ2) is 6.56. The monoisotopic (exact) mass is 326 g/mol. The molecule has 1 aromatic carbocycles. The van der Waals surface area contributed by atoms with E-state index in [4.69, 9.17) is 11.6 Å². The standard InChI is InChI=1S/C10H15ClN2O4S2/c1-12-19(16,17)10-5-3-9(4-6-10)13-18(14,15)8-2-7-11/h3-6,12-13H,2,7-8H2,1H3. The fourth-order valence-corrected chi connectivity index (χ4v) is 3.44. The van der Waals surface area contributed by atoms with E-state index < -0.39 is 20.0 Å². The molecule has 0 unspecified atom stereocenters. The van der Waals surface area contributed by atoms with E-state index in [1.807, 2.05) is 0 Å². The van der Waals surface area contributed by atoms with Crippen LogP contribution < -0.4 is 9.44 Å². The lowest BCUT2D eigenvalue weighted by molar-refractivity contribution is 0.588. The van der Waals surface area contributed by atoms with Gasteiger partial charge in [0.05, 0.1) is 10.6 Å². The van der Waals surface area contributed by atoms with Crippen molar-refractivity contribution in [2.45, 2.75) is 11.3 Å². The van der Waals surface area contributed by atoms with Crippen LogP contribution in [0, 0.1) is 0 Å². The third kappa shape index (κ3) is 4.98. The third-order valence-electron chi connectivity index (χ3n) is 2.25. The first kappa shape index (κ1) is 16.2. The second-order valence-electron chi connectivity index (χ2n) is 3.70. The number of alkyl halides is 1. The highest BCUT2D eigenvalue weighted by Gasteiger charge is 2.13. The molecule has 19 heavy (non-hydrogen) atoms. The van der Waals surface area contributed by atoms with Crippen LogP contribution in [0.3, 0.4) is 0 Å². The summed E-state index contributed by atoms with van der Waals surface area (Å²) in [6.45, 7) is 0. The molecular formula is C10H15ClN2O4S2. The summed E-state index contributed by atoms with van der Waals surface area (Å²) in [6.07, 6.45) is 0.350. The molecule has 0 aliphatic heterocycles. The lowest BCUT2D eigenvalue weighted by Gasteiger charge is -2.08. The van der Waals surface area contributed by atoms with Gasteiger partial charge in [-0.3, -0.25) is 4.72 Å². The minimum absolute atomic E-state index is 0.0682. The zero-order valence-corrected chi connectivity index (χ0v) is 12.6. The van der Waals surface area contributed by atoms with Gasteiger partial charge in [0, 0.05) is 11.6 Å². The predicted molar refractivity (Wildman–Crippen MR) is 75.4 cm³/mol. The van der Waals surface area contributed by atoms with Gasteiger partial charge in [-0.1, -0.05) is 0 Å². The molecule has 0 aliphatic rings. The van der Waals surface area contributed by atoms with Gasteiger partial charge in [-0.05, 0) is 37.7 Å². The summed E-state index contributed by atoms with van der Waals surface area (Å²) < 4.78 is 50.7. The van der Waals surface area contributed by atoms with E-state index in [9.17, 15) is 16.8 Å². The Bertz CT molecular complexity index is 611. The van der Waals surface area contributed by atoms with Gasteiger partial charge in [-0.2, -0.15) is 0 Å². The number of hydrogen-bond acceptors (Lipinski definition) is 4. The van der Waals surface area contributed by atoms with Crippen LogP contribution in [0.1, 0.15) is 6.42 Å². The van der Waals surface area contributed by atoms with Crippen molar-refractivity contribution in [1.29, 1.82) is 0 Å². The van der Waals surface area contributed by atoms with Crippen LogP contribution in [-0.4, -0.2) is 35.5 Å². The molecule has 1 aromatic rings. The molecular weight excluding hydrogens is 312 g/mol. The molecule has 1 rings (SSSR count). The highest BCUT2D eigenvalue weighted by molar-refractivity contribution is 7.92. The van der Waals surface area contributed by atoms with Crippen molar-refractivity contribution in [1.82, 2.24) is 4.72 Å². The zero-order chi connectivity index (χ0) is 14.5. The highest BCUT2D eigenvalue weighted by atomic mass is 35.5. The van der Waals surface area contributed by atoms with Crippen molar-refractivity contribution in [3.63, 3.8) is 0 Å². The Balaban J connectivity index is 2.84. The van der Waals surface area contributed by atoms with Crippen LogP contribution in [0.5, 0.6) is 0 Å². The van der Waals surface area contributed by atoms with Gasteiger partial charge in [0.25, 0.3) is 0 Å². The van der Waals surface area contributed by atoms with Crippen molar-refractivity contribution in [2.75, 3.05) is 23.4 Å². The largest absolute Gasteiger partial charge is 0.284 e. The molecule has 0 aromatic heterocycles. The number of halogens is 1. The van der Waals surface area contributed by atoms with Crippen molar-refractivity contribution in [3.05, 3.63) is 24.3 Å². The van der Waals surface area contributed by atoms with E-state index in [0.717, 1.165) is 0 Å². The van der Waals surface area contributed by atoms with Crippen LogP contribution in [-0.2, 0) is 20.0 Å². The fourth-order valence-electron chi connectivity index (χ4n) is 1.30. The maximum absolute atomic E-state index is 11.6. The number of nitrogens with one attached hydrogen (secondary N) is 2. The maximum Gasteiger partial charge on any atom is 0.240 e. The molecule has 0 spiro atoms. The van der Waals surface area contributed by atoms with Crippen molar-refractivity contribution >= 4 is 37.3 Å². The quantitative estimate of drug-likeness (QED) is 0.730. The average Bonchev–Trinajstić information content (AvgIpc) is 2.36. The van der Waals surface area contributed by atoms with Gasteiger partial charge in [-0.15, -0.1) is 11.6 Å². The number of anilines is 1. The van der Waals surface area contributed by atoms with Crippen LogP contribution in [0.4, 0.5) is 5.69 Å². The SMILES string of the molecule is CNS(=O)(=O)c1ccc(NS(=O)(=O)CCCCl)cc1. The van der Waals surface area contributed by atoms with Crippen molar-refractivity contribution < 1.29 is 16.8 Å². The molecule has 0 saturated carbocycles. The zero-order valence-electron chi connectivity index (χ0n) is 10.3. The van der Waals surface area contributed by atoms with Gasteiger partial charge in [-0.25, -0.2) is 21.6 Å². The smallest absolute Gasteiger partial charge is 0.240 e. The molecule has 108 valence electrons. The molecule has 0 amide bonds. The Kier molecular flexibility index (Phi) is 5.60. The molecule has 0 heterocycles. The molecule has 0 radical (unpaired) electrons. The Labute approximate surface area is 118 Å². The van der Waals surface area contributed by atoms with Crippen LogP contribution >= 0.6 is 11.6 Å². The minimum Gasteiger partial charge on any atom is -0.284 e. The molecule has 0 fully saturated rings. The van der Waals surface area contributed by atoms with Crippen LogP contribution in [0.25, 0.3) is 0 Å². The summed E-state index contributed by atoms with van der Waals surface area (Å²) in [5, 5.41) is 0. The van der Waals surface area contributed by atoms with E-state index in [1.54, 1.807) is 0 Å². The number of rotatable bonds is 7.